The van der Waals surface area contributed by atoms with Gasteiger partial charge in [0.15, 0.2) is 5.82 Å². The maximum Gasteiger partial charge on any atom is 0.163 e. The molecule has 1 aromatic heterocycles. The zero-order valence-electron chi connectivity index (χ0n) is 12.2. The van der Waals surface area contributed by atoms with Gasteiger partial charge in [-0.15, -0.1) is 0 Å². The summed E-state index contributed by atoms with van der Waals surface area (Å²) in [5, 5.41) is 1.09. The molecular weight excluding hydrogens is 302 g/mol. The molecule has 1 saturated heterocycles. The van der Waals surface area contributed by atoms with E-state index in [9.17, 15) is 0 Å². The van der Waals surface area contributed by atoms with Crippen molar-refractivity contribution in [3.63, 3.8) is 0 Å². The van der Waals surface area contributed by atoms with E-state index < -0.39 is 0 Å². The largest absolute Gasteiger partial charge is 0.352 e. The van der Waals surface area contributed by atoms with Crippen molar-refractivity contribution in [2.75, 3.05) is 17.2 Å². The highest BCUT2D eigenvalue weighted by Crippen LogP contribution is 2.30. The molecule has 2 unspecified atom stereocenters. The first kappa shape index (κ1) is 14.7. The molecule has 3 nitrogen and oxygen atoms in total. The lowest BCUT2D eigenvalue weighted by Gasteiger charge is -2.38. The fraction of sp³-hybridized carbons (Fsp3) is 0.375. The van der Waals surface area contributed by atoms with Crippen LogP contribution in [0, 0.1) is 0 Å². The molecular formula is C16H18ClN3S. The average Bonchev–Trinajstić information content (AvgIpc) is 2.50. The predicted octanol–water partition coefficient (Wildman–Crippen LogP) is 4.13. The van der Waals surface area contributed by atoms with Crippen molar-refractivity contribution >= 4 is 29.2 Å². The summed E-state index contributed by atoms with van der Waals surface area (Å²) in [6.07, 6.45) is 0. The van der Waals surface area contributed by atoms with E-state index in [0.29, 0.717) is 22.3 Å². The zero-order chi connectivity index (χ0) is 14.8. The summed E-state index contributed by atoms with van der Waals surface area (Å²) in [5.74, 6) is 2.73. The van der Waals surface area contributed by atoms with Crippen molar-refractivity contribution < 1.29 is 0 Å². The Morgan fingerprint density at radius 3 is 2.71 bits per heavy atom. The van der Waals surface area contributed by atoms with Gasteiger partial charge >= 0.3 is 0 Å². The second-order valence-electron chi connectivity index (χ2n) is 5.25. The number of aromatic nitrogens is 2. The zero-order valence-corrected chi connectivity index (χ0v) is 13.7. The van der Waals surface area contributed by atoms with E-state index in [2.05, 4.69) is 23.7 Å². The number of benzene rings is 1. The van der Waals surface area contributed by atoms with Crippen molar-refractivity contribution in [1.29, 1.82) is 0 Å². The van der Waals surface area contributed by atoms with Crippen LogP contribution in [0.15, 0.2) is 36.4 Å². The molecule has 0 spiro atoms. The first-order valence-electron chi connectivity index (χ1n) is 7.13. The Bertz CT molecular complexity index is 620. The number of nitrogens with zero attached hydrogens (tertiary/aromatic N) is 3. The van der Waals surface area contributed by atoms with Gasteiger partial charge in [0.25, 0.3) is 0 Å². The van der Waals surface area contributed by atoms with Crippen LogP contribution >= 0.6 is 23.4 Å². The van der Waals surface area contributed by atoms with Crippen LogP contribution in [0.4, 0.5) is 5.82 Å². The van der Waals surface area contributed by atoms with E-state index in [4.69, 9.17) is 16.6 Å². The van der Waals surface area contributed by atoms with Crippen molar-refractivity contribution in [2.24, 2.45) is 0 Å². The quantitative estimate of drug-likeness (QED) is 0.778. The molecule has 2 heterocycles. The Balaban J connectivity index is 1.98. The van der Waals surface area contributed by atoms with E-state index in [-0.39, 0.29) is 0 Å². The number of rotatable bonds is 2. The predicted molar refractivity (Wildman–Crippen MR) is 91.2 cm³/mol. The monoisotopic (exact) mass is 319 g/mol. The molecule has 2 aromatic rings. The SMILES string of the molecule is CC1SCCN(c2cc(Cl)nc(-c3ccccc3)n2)C1C. The van der Waals surface area contributed by atoms with E-state index in [1.165, 1.54) is 0 Å². The molecule has 1 aliphatic heterocycles. The minimum atomic E-state index is 0.443. The van der Waals surface area contributed by atoms with Gasteiger partial charge in [-0.1, -0.05) is 48.9 Å². The highest BCUT2D eigenvalue weighted by atomic mass is 35.5. The number of hydrogen-bond acceptors (Lipinski definition) is 4. The molecule has 0 radical (unpaired) electrons. The summed E-state index contributed by atoms with van der Waals surface area (Å²) < 4.78 is 0. The summed E-state index contributed by atoms with van der Waals surface area (Å²) in [6.45, 7) is 5.51. The highest BCUT2D eigenvalue weighted by molar-refractivity contribution is 8.00. The van der Waals surface area contributed by atoms with Crippen LogP contribution in [0.25, 0.3) is 11.4 Å². The maximum absolute atomic E-state index is 6.22. The van der Waals surface area contributed by atoms with Gasteiger partial charge in [0.05, 0.1) is 0 Å². The Labute approximate surface area is 134 Å². The van der Waals surface area contributed by atoms with Crippen LogP contribution in [0.3, 0.4) is 0 Å². The Morgan fingerprint density at radius 1 is 1.19 bits per heavy atom. The lowest BCUT2D eigenvalue weighted by Crippen LogP contribution is -2.45. The van der Waals surface area contributed by atoms with Crippen molar-refractivity contribution in [3.05, 3.63) is 41.6 Å². The second-order valence-corrected chi connectivity index (χ2v) is 7.12. The van der Waals surface area contributed by atoms with Crippen LogP contribution < -0.4 is 4.90 Å². The molecule has 0 bridgehead atoms. The fourth-order valence-corrected chi connectivity index (χ4v) is 3.80. The van der Waals surface area contributed by atoms with Gasteiger partial charge < -0.3 is 4.90 Å². The summed E-state index contributed by atoms with van der Waals surface area (Å²) in [7, 11) is 0. The van der Waals surface area contributed by atoms with Crippen LogP contribution in [-0.4, -0.2) is 33.6 Å². The second kappa shape index (κ2) is 6.24. The van der Waals surface area contributed by atoms with E-state index in [0.717, 1.165) is 23.7 Å². The molecule has 1 aliphatic rings. The van der Waals surface area contributed by atoms with E-state index >= 15 is 0 Å². The molecule has 0 N–H and O–H groups in total. The van der Waals surface area contributed by atoms with Crippen LogP contribution in [0.1, 0.15) is 13.8 Å². The lowest BCUT2D eigenvalue weighted by atomic mass is 10.2. The van der Waals surface area contributed by atoms with Crippen LogP contribution in [-0.2, 0) is 0 Å². The van der Waals surface area contributed by atoms with Crippen LogP contribution in [0.2, 0.25) is 5.15 Å². The molecule has 0 amide bonds. The molecule has 0 aliphatic carbocycles. The highest BCUT2D eigenvalue weighted by Gasteiger charge is 2.26. The first-order chi connectivity index (χ1) is 10.1. The van der Waals surface area contributed by atoms with Crippen molar-refractivity contribution in [2.45, 2.75) is 25.1 Å². The number of thioether (sulfide) groups is 1. The summed E-state index contributed by atoms with van der Waals surface area (Å²) in [4.78, 5) is 11.4. The van der Waals surface area contributed by atoms with Gasteiger partial charge in [-0.2, -0.15) is 11.8 Å². The molecule has 110 valence electrons. The van der Waals surface area contributed by atoms with E-state index in [1.54, 1.807) is 0 Å². The molecule has 0 saturated carbocycles. The molecule has 1 aromatic carbocycles. The van der Waals surface area contributed by atoms with Gasteiger partial charge in [-0.25, -0.2) is 9.97 Å². The molecule has 21 heavy (non-hydrogen) atoms. The van der Waals surface area contributed by atoms with Crippen molar-refractivity contribution in [1.82, 2.24) is 9.97 Å². The van der Waals surface area contributed by atoms with E-state index in [1.807, 2.05) is 48.2 Å². The topological polar surface area (TPSA) is 29.0 Å². The van der Waals surface area contributed by atoms with Gasteiger partial charge in [-0.3, -0.25) is 0 Å². The summed E-state index contributed by atoms with van der Waals surface area (Å²) >= 11 is 8.23. The Morgan fingerprint density at radius 2 is 1.95 bits per heavy atom. The third-order valence-corrected chi connectivity index (χ3v) is 5.42. The molecule has 1 fully saturated rings. The van der Waals surface area contributed by atoms with Crippen molar-refractivity contribution in [3.8, 4) is 11.4 Å². The van der Waals surface area contributed by atoms with Gasteiger partial charge in [0.2, 0.25) is 0 Å². The molecule has 2 atom stereocenters. The minimum Gasteiger partial charge on any atom is -0.352 e. The van der Waals surface area contributed by atoms with Gasteiger partial charge in [0, 0.05) is 35.2 Å². The standard InChI is InChI=1S/C16H18ClN3S/c1-11-12(2)21-9-8-20(11)15-10-14(17)18-16(19-15)13-6-4-3-5-7-13/h3-7,10-12H,8-9H2,1-2H3. The first-order valence-corrected chi connectivity index (χ1v) is 8.56. The normalized spacial score (nSPS) is 22.3. The smallest absolute Gasteiger partial charge is 0.163 e. The van der Waals surface area contributed by atoms with Gasteiger partial charge in [0.1, 0.15) is 11.0 Å². The van der Waals surface area contributed by atoms with Gasteiger partial charge in [-0.05, 0) is 6.92 Å². The third-order valence-electron chi connectivity index (χ3n) is 3.89. The number of halogens is 1. The molecule has 5 heteroatoms. The Kier molecular flexibility index (Phi) is 4.36. The summed E-state index contributed by atoms with van der Waals surface area (Å²) in [6, 6.07) is 12.3. The number of hydrogen-bond donors (Lipinski definition) is 0. The maximum atomic E-state index is 6.22. The van der Waals surface area contributed by atoms with Crippen LogP contribution in [0.5, 0.6) is 0 Å². The Hall–Kier alpha value is -1.26. The third kappa shape index (κ3) is 3.16. The summed E-state index contributed by atoms with van der Waals surface area (Å²) in [5.41, 5.74) is 0.994. The fourth-order valence-electron chi connectivity index (χ4n) is 2.53. The lowest BCUT2D eigenvalue weighted by molar-refractivity contribution is 0.620. The average molecular weight is 320 g/mol. The molecule has 3 rings (SSSR count). The number of anilines is 1. The minimum absolute atomic E-state index is 0.443.